The lowest BCUT2D eigenvalue weighted by atomic mass is 9.77. The van der Waals surface area contributed by atoms with Crippen LogP contribution in [-0.2, 0) is 30.2 Å². The molecule has 202 valence electrons. The minimum atomic E-state index is -2.00. The van der Waals surface area contributed by atoms with Gasteiger partial charge in [-0.15, -0.1) is 0 Å². The predicted octanol–water partition coefficient (Wildman–Crippen LogP) is 3.08. The summed E-state index contributed by atoms with van der Waals surface area (Å²) >= 11 is 0. The lowest BCUT2D eigenvalue weighted by Gasteiger charge is -2.39. The minimum absolute atomic E-state index is 0.0918. The highest BCUT2D eigenvalue weighted by atomic mass is 16.7. The van der Waals surface area contributed by atoms with Gasteiger partial charge in [-0.2, -0.15) is 0 Å². The number of carbonyl (C=O) groups is 2. The fraction of sp³-hybridized carbons (Fsp3) is 0.643. The van der Waals surface area contributed by atoms with E-state index < -0.39 is 30.1 Å². The Hall–Kier alpha value is -2.78. The fourth-order valence-corrected chi connectivity index (χ4v) is 6.42. The topological polar surface area (TPSA) is 104 Å². The molecule has 4 aliphatic rings. The van der Waals surface area contributed by atoms with Gasteiger partial charge in [-0.3, -0.25) is 9.69 Å². The summed E-state index contributed by atoms with van der Waals surface area (Å²) < 4.78 is 28.1. The third-order valence-corrected chi connectivity index (χ3v) is 8.38. The van der Waals surface area contributed by atoms with E-state index in [2.05, 4.69) is 11.0 Å². The van der Waals surface area contributed by atoms with Crippen molar-refractivity contribution in [1.82, 2.24) is 4.90 Å². The zero-order valence-corrected chi connectivity index (χ0v) is 22.1. The van der Waals surface area contributed by atoms with Crippen molar-refractivity contribution in [1.29, 1.82) is 0 Å². The Morgan fingerprint density at radius 1 is 1.22 bits per heavy atom. The van der Waals surface area contributed by atoms with E-state index in [1.54, 1.807) is 7.11 Å². The smallest absolute Gasteiger partial charge is 0.339 e. The summed E-state index contributed by atoms with van der Waals surface area (Å²) in [5, 5.41) is 11.4. The molecule has 4 atom stereocenters. The molecule has 37 heavy (non-hydrogen) atoms. The first kappa shape index (κ1) is 25.9. The van der Waals surface area contributed by atoms with Crippen LogP contribution in [-0.4, -0.2) is 73.3 Å². The third kappa shape index (κ3) is 4.46. The summed E-state index contributed by atoms with van der Waals surface area (Å²) in [6, 6.07) is 4.05. The Kier molecular flexibility index (Phi) is 6.87. The zero-order chi connectivity index (χ0) is 26.4. The first-order chi connectivity index (χ1) is 17.7. The molecule has 0 aromatic heterocycles. The van der Waals surface area contributed by atoms with Crippen LogP contribution in [0.3, 0.4) is 0 Å². The van der Waals surface area contributed by atoms with E-state index in [4.69, 9.17) is 23.7 Å². The molecule has 1 saturated heterocycles. The third-order valence-electron chi connectivity index (χ3n) is 8.38. The molecule has 1 fully saturated rings. The van der Waals surface area contributed by atoms with E-state index in [-0.39, 0.29) is 30.6 Å². The van der Waals surface area contributed by atoms with Gasteiger partial charge in [0.1, 0.15) is 5.76 Å². The second-order valence-electron chi connectivity index (χ2n) is 11.0. The summed E-state index contributed by atoms with van der Waals surface area (Å²) in [5.41, 5.74) is -0.217. The van der Waals surface area contributed by atoms with Crippen LogP contribution in [0.4, 0.5) is 0 Å². The number of aliphatic hydroxyl groups is 1. The first-order valence-corrected chi connectivity index (χ1v) is 13.2. The van der Waals surface area contributed by atoms with Gasteiger partial charge >= 0.3 is 11.9 Å². The lowest BCUT2D eigenvalue weighted by molar-refractivity contribution is -0.178. The molecule has 0 amide bonds. The molecular weight excluding hydrogens is 478 g/mol. The number of rotatable bonds is 8. The standard InChI is InChI=1S/C28H37NO8/c1-17(2)6-9-28(32,15-23(30)34-4)26(31)37-25-22(33-3)14-27-8-5-10-29(27)11-7-18-12-20-21(36-16-35-20)13-19(18)24(25)27/h12-14,17,24-25,32H,5-11,15-16H2,1-4H3/t24-,25+,27-,28+/m0/s1. The van der Waals surface area contributed by atoms with Crippen molar-refractivity contribution >= 4 is 11.9 Å². The van der Waals surface area contributed by atoms with Crippen LogP contribution in [0.5, 0.6) is 11.5 Å². The highest BCUT2D eigenvalue weighted by Crippen LogP contribution is 2.55. The van der Waals surface area contributed by atoms with E-state index in [0.717, 1.165) is 49.2 Å². The second-order valence-corrected chi connectivity index (χ2v) is 11.0. The number of carbonyl (C=O) groups excluding carboxylic acids is 2. The average Bonchev–Trinajstić information content (AvgIpc) is 3.56. The van der Waals surface area contributed by atoms with Gasteiger partial charge in [-0.25, -0.2) is 4.79 Å². The highest BCUT2D eigenvalue weighted by molar-refractivity contribution is 5.86. The summed E-state index contributed by atoms with van der Waals surface area (Å²) in [7, 11) is 2.82. The Balaban J connectivity index is 1.54. The molecule has 0 radical (unpaired) electrons. The number of methoxy groups -OCH3 is 2. The van der Waals surface area contributed by atoms with Crippen LogP contribution in [0.2, 0.25) is 0 Å². The predicted molar refractivity (Wildman–Crippen MR) is 133 cm³/mol. The first-order valence-electron chi connectivity index (χ1n) is 13.2. The van der Waals surface area contributed by atoms with Gasteiger partial charge in [0.15, 0.2) is 23.2 Å². The molecule has 0 unspecified atom stereocenters. The molecule has 5 rings (SSSR count). The van der Waals surface area contributed by atoms with Gasteiger partial charge in [-0.1, -0.05) is 13.8 Å². The van der Waals surface area contributed by atoms with E-state index in [1.165, 1.54) is 7.11 Å². The van der Waals surface area contributed by atoms with Gasteiger partial charge in [0.05, 0.1) is 32.1 Å². The molecule has 1 aromatic rings. The maximum atomic E-state index is 13.7. The summed E-state index contributed by atoms with van der Waals surface area (Å²) in [4.78, 5) is 28.3. The van der Waals surface area contributed by atoms with E-state index in [9.17, 15) is 14.7 Å². The molecular formula is C28H37NO8. The Labute approximate surface area is 217 Å². The number of hydrogen-bond donors (Lipinski definition) is 1. The van der Waals surface area contributed by atoms with Crippen LogP contribution in [0.15, 0.2) is 24.0 Å². The molecule has 0 bridgehead atoms. The molecule has 1 aromatic carbocycles. The van der Waals surface area contributed by atoms with Gasteiger partial charge in [0.25, 0.3) is 0 Å². The Morgan fingerprint density at radius 2 is 1.97 bits per heavy atom. The number of esters is 2. The quantitative estimate of drug-likeness (QED) is 0.523. The molecule has 3 aliphatic heterocycles. The van der Waals surface area contributed by atoms with Crippen LogP contribution < -0.4 is 9.47 Å². The van der Waals surface area contributed by atoms with Crippen LogP contribution in [0.25, 0.3) is 0 Å². The van der Waals surface area contributed by atoms with Crippen molar-refractivity contribution in [2.45, 2.75) is 75.5 Å². The summed E-state index contributed by atoms with van der Waals surface area (Å²) in [6.45, 7) is 5.97. The van der Waals surface area contributed by atoms with Crippen molar-refractivity contribution < 1.29 is 38.4 Å². The lowest BCUT2D eigenvalue weighted by Crippen LogP contribution is -2.49. The number of nitrogens with zero attached hydrogens (tertiary/aromatic N) is 1. The van der Waals surface area contributed by atoms with Crippen molar-refractivity contribution in [2.24, 2.45) is 5.92 Å². The maximum Gasteiger partial charge on any atom is 0.339 e. The summed E-state index contributed by atoms with van der Waals surface area (Å²) in [6.07, 6.45) is 4.26. The van der Waals surface area contributed by atoms with Gasteiger partial charge in [-0.05, 0) is 73.9 Å². The minimum Gasteiger partial charge on any atom is -0.497 e. The number of ether oxygens (including phenoxy) is 5. The van der Waals surface area contributed by atoms with Gasteiger partial charge in [0, 0.05) is 6.54 Å². The molecule has 0 saturated carbocycles. The van der Waals surface area contributed by atoms with Gasteiger partial charge in [0.2, 0.25) is 6.79 Å². The average molecular weight is 516 g/mol. The van der Waals surface area contributed by atoms with E-state index in [0.29, 0.717) is 17.9 Å². The molecule has 1 N–H and O–H groups in total. The van der Waals surface area contributed by atoms with Crippen LogP contribution in [0.1, 0.15) is 63.0 Å². The maximum absolute atomic E-state index is 13.7. The molecule has 3 heterocycles. The Morgan fingerprint density at radius 3 is 2.68 bits per heavy atom. The fourth-order valence-electron chi connectivity index (χ4n) is 6.42. The summed E-state index contributed by atoms with van der Waals surface area (Å²) in [5.74, 6) is 0.431. The highest BCUT2D eigenvalue weighted by Gasteiger charge is 2.59. The SMILES string of the molecule is COC(=O)C[C@](O)(CCC(C)C)C(=O)O[C@@H]1C(OC)=C[C@]23CCCN2CCc2cc4c(cc2[C@@H]13)OCO4. The van der Waals surface area contributed by atoms with Crippen molar-refractivity contribution in [3.8, 4) is 11.5 Å². The largest absolute Gasteiger partial charge is 0.497 e. The Bertz CT molecular complexity index is 1100. The van der Waals surface area contributed by atoms with Crippen LogP contribution in [0, 0.1) is 5.92 Å². The molecule has 9 heteroatoms. The van der Waals surface area contributed by atoms with Crippen molar-refractivity contribution in [3.63, 3.8) is 0 Å². The second kappa shape index (κ2) is 9.83. The normalized spacial score (nSPS) is 27.5. The number of benzene rings is 1. The monoisotopic (exact) mass is 515 g/mol. The molecule has 1 spiro atoms. The van der Waals surface area contributed by atoms with E-state index in [1.807, 2.05) is 26.0 Å². The zero-order valence-electron chi connectivity index (χ0n) is 22.1. The van der Waals surface area contributed by atoms with Crippen molar-refractivity contribution in [2.75, 3.05) is 34.1 Å². The van der Waals surface area contributed by atoms with Crippen LogP contribution >= 0.6 is 0 Å². The van der Waals surface area contributed by atoms with Gasteiger partial charge < -0.3 is 28.8 Å². The molecule has 1 aliphatic carbocycles. The van der Waals surface area contributed by atoms with Crippen molar-refractivity contribution in [3.05, 3.63) is 35.1 Å². The molecule has 9 nitrogen and oxygen atoms in total. The van der Waals surface area contributed by atoms with E-state index >= 15 is 0 Å². The number of fused-ring (bicyclic) bond motifs is 3. The number of hydrogen-bond acceptors (Lipinski definition) is 9.